The Bertz CT molecular complexity index is 845. The number of oxazole rings is 1. The van der Waals surface area contributed by atoms with Crippen LogP contribution >= 0.6 is 15.9 Å². The molecule has 7 heteroatoms. The van der Waals surface area contributed by atoms with Crippen molar-refractivity contribution in [3.8, 4) is 11.5 Å². The van der Waals surface area contributed by atoms with Crippen molar-refractivity contribution < 1.29 is 9.34 Å². The van der Waals surface area contributed by atoms with Gasteiger partial charge < -0.3 is 4.42 Å². The van der Waals surface area contributed by atoms with E-state index in [9.17, 15) is 10.1 Å². The molecule has 0 radical (unpaired) electrons. The molecule has 0 amide bonds. The lowest BCUT2D eigenvalue weighted by Gasteiger charge is -1.97. The molecule has 0 N–H and O–H groups in total. The van der Waals surface area contributed by atoms with Crippen LogP contribution in [0.15, 0.2) is 39.5 Å². The van der Waals surface area contributed by atoms with E-state index in [1.807, 2.05) is 13.0 Å². The van der Waals surface area contributed by atoms with Gasteiger partial charge >= 0.3 is 0 Å². The number of rotatable bonds is 3. The van der Waals surface area contributed by atoms with Gasteiger partial charge in [0.25, 0.3) is 5.69 Å². The largest absolute Gasteiger partial charge is 0.436 e. The number of aromatic nitrogens is 2. The van der Waals surface area contributed by atoms with Gasteiger partial charge in [-0.3, -0.25) is 15.1 Å². The summed E-state index contributed by atoms with van der Waals surface area (Å²) in [5.74, 6) is 0.397. The zero-order valence-electron chi connectivity index (χ0n) is 11.0. The highest BCUT2D eigenvalue weighted by molar-refractivity contribution is 9.10. The van der Waals surface area contributed by atoms with E-state index >= 15 is 0 Å². The minimum absolute atomic E-state index is 0.0200. The average molecular weight is 348 g/mol. The monoisotopic (exact) mass is 347 g/mol. The first-order chi connectivity index (χ1) is 10.1. The minimum atomic E-state index is -0.423. The van der Waals surface area contributed by atoms with Crippen LogP contribution in [-0.4, -0.2) is 14.9 Å². The number of nitro groups is 1. The Labute approximate surface area is 128 Å². The van der Waals surface area contributed by atoms with E-state index in [2.05, 4.69) is 25.9 Å². The highest BCUT2D eigenvalue weighted by Crippen LogP contribution is 2.30. The predicted molar refractivity (Wildman–Crippen MR) is 81.0 cm³/mol. The standard InChI is InChI=1S/C14H10BrN3O3/c1-2-8-4-11(18(19)20)5-12-13(8)21-14(17-12)9-3-10(15)7-16-6-9/h3-7H,2H2,1H3. The summed E-state index contributed by atoms with van der Waals surface area (Å²) in [7, 11) is 0. The number of hydrogen-bond donors (Lipinski definition) is 0. The van der Waals surface area contributed by atoms with Crippen LogP contribution in [0.3, 0.4) is 0 Å². The molecule has 3 aromatic rings. The molecule has 6 nitrogen and oxygen atoms in total. The molecule has 0 aliphatic heterocycles. The molecular formula is C14H10BrN3O3. The van der Waals surface area contributed by atoms with E-state index in [0.717, 1.165) is 10.0 Å². The third-order valence-corrected chi connectivity index (χ3v) is 3.53. The van der Waals surface area contributed by atoms with E-state index in [4.69, 9.17) is 4.42 Å². The molecule has 0 atom stereocenters. The molecule has 2 aromatic heterocycles. The number of pyridine rings is 1. The van der Waals surface area contributed by atoms with Crippen molar-refractivity contribution in [3.63, 3.8) is 0 Å². The molecule has 21 heavy (non-hydrogen) atoms. The normalized spacial score (nSPS) is 11.0. The first-order valence-corrected chi connectivity index (χ1v) is 7.06. The number of nitrogens with zero attached hydrogens (tertiary/aromatic N) is 3. The van der Waals surface area contributed by atoms with Crippen LogP contribution in [-0.2, 0) is 6.42 Å². The highest BCUT2D eigenvalue weighted by Gasteiger charge is 2.17. The Morgan fingerprint density at radius 1 is 1.33 bits per heavy atom. The van der Waals surface area contributed by atoms with Crippen molar-refractivity contribution >= 4 is 32.7 Å². The summed E-state index contributed by atoms with van der Waals surface area (Å²) in [5.41, 5.74) is 2.56. The molecule has 2 heterocycles. The molecular weight excluding hydrogens is 338 g/mol. The molecule has 0 unspecified atom stereocenters. The molecule has 0 aliphatic carbocycles. The van der Waals surface area contributed by atoms with Crippen molar-refractivity contribution in [1.82, 2.24) is 9.97 Å². The number of hydrogen-bond acceptors (Lipinski definition) is 5. The van der Waals surface area contributed by atoms with Crippen LogP contribution in [0.1, 0.15) is 12.5 Å². The third kappa shape index (κ3) is 2.52. The van der Waals surface area contributed by atoms with Gasteiger partial charge in [-0.1, -0.05) is 6.92 Å². The molecule has 0 fully saturated rings. The zero-order valence-corrected chi connectivity index (χ0v) is 12.6. The smallest absolute Gasteiger partial charge is 0.272 e. The van der Waals surface area contributed by atoms with Crippen molar-refractivity contribution in [2.45, 2.75) is 13.3 Å². The number of nitro benzene ring substituents is 1. The molecule has 0 saturated heterocycles. The van der Waals surface area contributed by atoms with Crippen LogP contribution in [0, 0.1) is 10.1 Å². The Balaban J connectivity index is 2.21. The van der Waals surface area contributed by atoms with Crippen molar-refractivity contribution in [1.29, 1.82) is 0 Å². The quantitative estimate of drug-likeness (QED) is 0.525. The fourth-order valence-corrected chi connectivity index (χ4v) is 2.47. The molecule has 106 valence electrons. The van der Waals surface area contributed by atoms with Gasteiger partial charge in [0.1, 0.15) is 5.52 Å². The number of aryl methyl sites for hydroxylation is 1. The van der Waals surface area contributed by atoms with Gasteiger partial charge in [-0.25, -0.2) is 4.98 Å². The van der Waals surface area contributed by atoms with Gasteiger partial charge in [-0.15, -0.1) is 0 Å². The lowest BCUT2D eigenvalue weighted by molar-refractivity contribution is -0.384. The molecule has 1 aromatic carbocycles. The second-order valence-corrected chi connectivity index (χ2v) is 5.39. The Hall–Kier alpha value is -2.28. The molecule has 0 spiro atoms. The topological polar surface area (TPSA) is 82.1 Å². The van der Waals surface area contributed by atoms with Gasteiger partial charge in [-0.2, -0.15) is 0 Å². The molecule has 0 aliphatic rings. The highest BCUT2D eigenvalue weighted by atomic mass is 79.9. The Morgan fingerprint density at radius 2 is 2.14 bits per heavy atom. The molecule has 0 bridgehead atoms. The summed E-state index contributed by atoms with van der Waals surface area (Å²) < 4.78 is 6.58. The van der Waals surface area contributed by atoms with Gasteiger partial charge in [0.2, 0.25) is 5.89 Å². The van der Waals surface area contributed by atoms with Gasteiger partial charge in [0, 0.05) is 34.6 Å². The summed E-state index contributed by atoms with van der Waals surface area (Å²) in [4.78, 5) is 19.0. The van der Waals surface area contributed by atoms with Crippen LogP contribution < -0.4 is 0 Å². The number of benzene rings is 1. The van der Waals surface area contributed by atoms with Gasteiger partial charge in [0.05, 0.1) is 10.5 Å². The van der Waals surface area contributed by atoms with Crippen LogP contribution in [0.25, 0.3) is 22.6 Å². The maximum absolute atomic E-state index is 11.0. The van der Waals surface area contributed by atoms with Crippen molar-refractivity contribution in [2.75, 3.05) is 0 Å². The summed E-state index contributed by atoms with van der Waals surface area (Å²) in [5, 5.41) is 11.0. The first kappa shape index (κ1) is 13.7. The van der Waals surface area contributed by atoms with Gasteiger partial charge in [-0.05, 0) is 28.4 Å². The van der Waals surface area contributed by atoms with E-state index in [0.29, 0.717) is 29.0 Å². The number of fused-ring (bicyclic) bond motifs is 1. The SMILES string of the molecule is CCc1cc([N+](=O)[O-])cc2nc(-c3cncc(Br)c3)oc12. The number of non-ortho nitro benzene ring substituents is 1. The lowest BCUT2D eigenvalue weighted by Crippen LogP contribution is -1.90. The first-order valence-electron chi connectivity index (χ1n) is 6.27. The summed E-state index contributed by atoms with van der Waals surface area (Å²) in [6, 6.07) is 4.78. The van der Waals surface area contributed by atoms with E-state index in [-0.39, 0.29) is 5.69 Å². The van der Waals surface area contributed by atoms with E-state index < -0.39 is 4.92 Å². The lowest BCUT2D eigenvalue weighted by atomic mass is 10.1. The maximum atomic E-state index is 11.0. The van der Waals surface area contributed by atoms with Crippen molar-refractivity contribution in [2.24, 2.45) is 0 Å². The maximum Gasteiger partial charge on any atom is 0.272 e. The Morgan fingerprint density at radius 3 is 2.81 bits per heavy atom. The number of halogens is 1. The van der Waals surface area contributed by atoms with E-state index in [1.165, 1.54) is 12.1 Å². The summed E-state index contributed by atoms with van der Waals surface area (Å²) in [6.07, 6.45) is 3.92. The fourth-order valence-electron chi connectivity index (χ4n) is 2.11. The fraction of sp³-hybridized carbons (Fsp3) is 0.143. The molecule has 0 saturated carbocycles. The summed E-state index contributed by atoms with van der Waals surface area (Å²) in [6.45, 7) is 1.92. The second-order valence-electron chi connectivity index (χ2n) is 4.47. The molecule has 3 rings (SSSR count). The third-order valence-electron chi connectivity index (χ3n) is 3.10. The zero-order chi connectivity index (χ0) is 15.0. The van der Waals surface area contributed by atoms with Gasteiger partial charge in [0.15, 0.2) is 5.58 Å². The predicted octanol–water partition coefficient (Wildman–Crippen LogP) is 4.12. The van der Waals surface area contributed by atoms with Crippen LogP contribution in [0.5, 0.6) is 0 Å². The Kier molecular flexibility index (Phi) is 3.42. The average Bonchev–Trinajstić information content (AvgIpc) is 2.90. The van der Waals surface area contributed by atoms with Crippen LogP contribution in [0.4, 0.5) is 5.69 Å². The second kappa shape index (κ2) is 5.25. The van der Waals surface area contributed by atoms with Crippen molar-refractivity contribution in [3.05, 3.63) is 50.7 Å². The summed E-state index contributed by atoms with van der Waals surface area (Å²) >= 11 is 3.34. The van der Waals surface area contributed by atoms with E-state index in [1.54, 1.807) is 12.4 Å². The minimum Gasteiger partial charge on any atom is -0.436 e. The van der Waals surface area contributed by atoms with Crippen LogP contribution in [0.2, 0.25) is 0 Å².